The number of rotatable bonds is 7. The predicted octanol–water partition coefficient (Wildman–Crippen LogP) is 4.03. The van der Waals surface area contributed by atoms with Crippen LogP contribution in [0, 0.1) is 5.82 Å². The summed E-state index contributed by atoms with van der Waals surface area (Å²) in [5.74, 6) is -0.489. The fourth-order valence-electron chi connectivity index (χ4n) is 2.47. The minimum atomic E-state index is -3.97. The van der Waals surface area contributed by atoms with Gasteiger partial charge in [0.1, 0.15) is 11.6 Å². The Morgan fingerprint density at radius 1 is 0.931 bits per heavy atom. The highest BCUT2D eigenvalue weighted by atomic mass is 32.2. The number of sulfonamides is 1. The predicted molar refractivity (Wildman–Crippen MR) is 109 cm³/mol. The van der Waals surface area contributed by atoms with Crippen molar-refractivity contribution < 1.29 is 22.3 Å². The Morgan fingerprint density at radius 3 is 2.21 bits per heavy atom. The maximum atomic E-state index is 13.7. The van der Waals surface area contributed by atoms with Crippen LogP contribution in [0.4, 0.5) is 15.8 Å². The Bertz CT molecular complexity index is 1090. The summed E-state index contributed by atoms with van der Waals surface area (Å²) >= 11 is 0. The normalized spacial score (nSPS) is 12.1. The van der Waals surface area contributed by atoms with Crippen molar-refractivity contribution in [2.45, 2.75) is 17.9 Å². The molecule has 2 N–H and O–H groups in total. The van der Waals surface area contributed by atoms with E-state index in [4.69, 9.17) is 4.74 Å². The van der Waals surface area contributed by atoms with E-state index in [1.54, 1.807) is 31.2 Å². The summed E-state index contributed by atoms with van der Waals surface area (Å²) in [6, 6.07) is 19.9. The smallest absolute Gasteiger partial charge is 0.265 e. The van der Waals surface area contributed by atoms with Gasteiger partial charge in [-0.05, 0) is 55.5 Å². The van der Waals surface area contributed by atoms with Crippen LogP contribution in [0.2, 0.25) is 0 Å². The van der Waals surface area contributed by atoms with Gasteiger partial charge in [0.25, 0.3) is 15.9 Å². The first kappa shape index (κ1) is 20.3. The molecular formula is C21H19FN2O4S. The Balaban J connectivity index is 1.65. The van der Waals surface area contributed by atoms with Gasteiger partial charge >= 0.3 is 0 Å². The van der Waals surface area contributed by atoms with Crippen molar-refractivity contribution in [2.24, 2.45) is 0 Å². The van der Waals surface area contributed by atoms with Gasteiger partial charge in [-0.15, -0.1) is 0 Å². The molecule has 0 aliphatic rings. The number of carbonyl (C=O) groups is 1. The molecule has 8 heteroatoms. The van der Waals surface area contributed by atoms with Crippen LogP contribution in [-0.2, 0) is 14.8 Å². The molecule has 0 aliphatic carbocycles. The summed E-state index contributed by atoms with van der Waals surface area (Å²) < 4.78 is 46.3. The highest BCUT2D eigenvalue weighted by Gasteiger charge is 2.18. The molecule has 0 fully saturated rings. The molecule has 1 amide bonds. The number of halogens is 1. The topological polar surface area (TPSA) is 84.5 Å². The Hall–Kier alpha value is -3.39. The largest absolute Gasteiger partial charge is 0.481 e. The standard InChI is InChI=1S/C21H19FN2O4S/c1-15(28-17-7-3-2-4-8-17)21(25)23-16-11-13-18(14-12-16)29(26,27)24-20-10-6-5-9-19(20)22/h2-15,24H,1H3,(H,23,25)/t15-/m0/s1. The zero-order chi connectivity index (χ0) is 20.9. The summed E-state index contributed by atoms with van der Waals surface area (Å²) in [4.78, 5) is 12.2. The highest BCUT2D eigenvalue weighted by molar-refractivity contribution is 7.92. The van der Waals surface area contributed by atoms with Crippen LogP contribution in [-0.4, -0.2) is 20.4 Å². The number of para-hydroxylation sites is 2. The highest BCUT2D eigenvalue weighted by Crippen LogP contribution is 2.20. The molecule has 0 saturated heterocycles. The number of carbonyl (C=O) groups excluding carboxylic acids is 1. The molecule has 1 atom stereocenters. The van der Waals surface area contributed by atoms with Gasteiger partial charge in [-0.25, -0.2) is 12.8 Å². The average molecular weight is 414 g/mol. The van der Waals surface area contributed by atoms with Crippen LogP contribution in [0.1, 0.15) is 6.92 Å². The molecular weight excluding hydrogens is 395 g/mol. The SMILES string of the molecule is C[C@H](Oc1ccccc1)C(=O)Nc1ccc(S(=O)(=O)Nc2ccccc2F)cc1. The molecule has 0 aromatic heterocycles. The van der Waals surface area contributed by atoms with Gasteiger partial charge in [0.15, 0.2) is 6.10 Å². The quantitative estimate of drug-likeness (QED) is 0.611. The lowest BCUT2D eigenvalue weighted by atomic mass is 10.3. The second-order valence-electron chi connectivity index (χ2n) is 6.17. The molecule has 3 rings (SSSR count). The van der Waals surface area contributed by atoms with E-state index < -0.39 is 21.9 Å². The van der Waals surface area contributed by atoms with Crippen LogP contribution < -0.4 is 14.8 Å². The third-order valence-electron chi connectivity index (χ3n) is 3.98. The molecule has 29 heavy (non-hydrogen) atoms. The van der Waals surface area contributed by atoms with Gasteiger partial charge in [0, 0.05) is 5.69 Å². The molecule has 0 heterocycles. The molecule has 0 aliphatic heterocycles. The lowest BCUT2D eigenvalue weighted by molar-refractivity contribution is -0.122. The van der Waals surface area contributed by atoms with Crippen LogP contribution in [0.3, 0.4) is 0 Å². The summed E-state index contributed by atoms with van der Waals surface area (Å²) in [5, 5.41) is 2.66. The lowest BCUT2D eigenvalue weighted by Crippen LogP contribution is -2.30. The number of amides is 1. The summed E-state index contributed by atoms with van der Waals surface area (Å²) in [6.45, 7) is 1.61. The maximum Gasteiger partial charge on any atom is 0.265 e. The van der Waals surface area contributed by atoms with Crippen molar-refractivity contribution in [3.8, 4) is 5.75 Å². The molecule has 0 unspecified atom stereocenters. The number of ether oxygens (including phenoxy) is 1. The van der Waals surface area contributed by atoms with Crippen LogP contribution >= 0.6 is 0 Å². The molecule has 0 saturated carbocycles. The van der Waals surface area contributed by atoms with Gasteiger partial charge in [0.2, 0.25) is 0 Å². The van der Waals surface area contributed by atoms with E-state index in [0.717, 1.165) is 6.07 Å². The molecule has 0 bridgehead atoms. The summed E-state index contributed by atoms with van der Waals surface area (Å²) in [7, 11) is -3.97. The zero-order valence-corrected chi connectivity index (χ0v) is 16.3. The molecule has 3 aromatic carbocycles. The van der Waals surface area contributed by atoms with Crippen molar-refractivity contribution in [3.05, 3.63) is 84.7 Å². The minimum Gasteiger partial charge on any atom is -0.481 e. The Morgan fingerprint density at radius 2 is 1.55 bits per heavy atom. The van der Waals surface area contributed by atoms with Crippen molar-refractivity contribution in [2.75, 3.05) is 10.0 Å². The number of hydrogen-bond acceptors (Lipinski definition) is 4. The van der Waals surface area contributed by atoms with E-state index in [0.29, 0.717) is 11.4 Å². The molecule has 150 valence electrons. The second-order valence-corrected chi connectivity index (χ2v) is 7.85. The van der Waals surface area contributed by atoms with Gasteiger partial charge in [-0.1, -0.05) is 30.3 Å². The number of anilines is 2. The fourth-order valence-corrected chi connectivity index (χ4v) is 3.53. The number of nitrogens with one attached hydrogen (secondary N) is 2. The van der Waals surface area contributed by atoms with E-state index in [1.165, 1.54) is 42.5 Å². The van der Waals surface area contributed by atoms with Crippen molar-refractivity contribution in [1.82, 2.24) is 0 Å². The molecule has 0 spiro atoms. The van der Waals surface area contributed by atoms with Crippen LogP contribution in [0.15, 0.2) is 83.8 Å². The van der Waals surface area contributed by atoms with Crippen LogP contribution in [0.25, 0.3) is 0 Å². The van der Waals surface area contributed by atoms with Gasteiger partial charge in [-0.2, -0.15) is 0 Å². The van der Waals surface area contributed by atoms with E-state index in [1.807, 2.05) is 6.07 Å². The minimum absolute atomic E-state index is 0.0627. The van der Waals surface area contributed by atoms with E-state index in [9.17, 15) is 17.6 Å². The third-order valence-corrected chi connectivity index (χ3v) is 5.36. The zero-order valence-electron chi connectivity index (χ0n) is 15.5. The molecule has 0 radical (unpaired) electrons. The maximum absolute atomic E-state index is 13.7. The number of benzene rings is 3. The van der Waals surface area contributed by atoms with Crippen molar-refractivity contribution >= 4 is 27.3 Å². The van der Waals surface area contributed by atoms with Gasteiger partial charge < -0.3 is 10.1 Å². The second kappa shape index (κ2) is 8.74. The lowest BCUT2D eigenvalue weighted by Gasteiger charge is -2.15. The van der Waals surface area contributed by atoms with E-state index >= 15 is 0 Å². The van der Waals surface area contributed by atoms with Gasteiger partial charge in [-0.3, -0.25) is 9.52 Å². The summed E-state index contributed by atoms with van der Waals surface area (Å²) in [6.07, 6.45) is -0.747. The third kappa shape index (κ3) is 5.32. The number of hydrogen-bond donors (Lipinski definition) is 2. The van der Waals surface area contributed by atoms with Crippen molar-refractivity contribution in [3.63, 3.8) is 0 Å². The van der Waals surface area contributed by atoms with E-state index in [-0.39, 0.29) is 16.5 Å². The Labute approximate surface area is 168 Å². The average Bonchev–Trinajstić information content (AvgIpc) is 2.71. The molecule has 3 aromatic rings. The first-order chi connectivity index (χ1) is 13.8. The van der Waals surface area contributed by atoms with Crippen LogP contribution in [0.5, 0.6) is 5.75 Å². The Kier molecular flexibility index (Phi) is 6.13. The summed E-state index contributed by atoms with van der Waals surface area (Å²) in [5.41, 5.74) is 0.264. The first-order valence-corrected chi connectivity index (χ1v) is 10.2. The fraction of sp³-hybridized carbons (Fsp3) is 0.0952. The monoisotopic (exact) mass is 414 g/mol. The first-order valence-electron chi connectivity index (χ1n) is 8.75. The van der Waals surface area contributed by atoms with Gasteiger partial charge in [0.05, 0.1) is 10.6 Å². The van der Waals surface area contributed by atoms with Crippen molar-refractivity contribution in [1.29, 1.82) is 0 Å². The molecule has 6 nitrogen and oxygen atoms in total. The van der Waals surface area contributed by atoms with E-state index in [2.05, 4.69) is 10.0 Å².